The number of aliphatic hydroxyl groups is 1. The number of rotatable bonds is 9. The van der Waals surface area contributed by atoms with Crippen LogP contribution in [0.3, 0.4) is 0 Å². The number of imide groups is 2. The molecule has 10 nitrogen and oxygen atoms in total. The van der Waals surface area contributed by atoms with Gasteiger partial charge in [-0.25, -0.2) is 4.90 Å². The molecule has 0 spiro atoms. The predicted octanol–water partition coefficient (Wildman–Crippen LogP) is 7.52. The third-order valence-corrected chi connectivity index (χ3v) is 12.5. The van der Waals surface area contributed by atoms with E-state index < -0.39 is 46.8 Å². The zero-order valence-corrected chi connectivity index (χ0v) is 32.1. The fraction of sp³-hybridized carbons (Fsp3) is 0.286. The number of fused-ring (bicyclic) bond motifs is 4. The highest BCUT2D eigenvalue weighted by Crippen LogP contribution is 2.64. The van der Waals surface area contributed by atoms with E-state index in [4.69, 9.17) is 44.3 Å². The molecule has 13 heteroatoms. The molecular formula is C42H36Cl3N3O7. The fourth-order valence-corrected chi connectivity index (χ4v) is 9.74. The first kappa shape index (κ1) is 37.1. The lowest BCUT2D eigenvalue weighted by Crippen LogP contribution is -2.53. The van der Waals surface area contributed by atoms with E-state index >= 15 is 4.79 Å². The lowest BCUT2D eigenvalue weighted by molar-refractivity contribution is -0.138. The van der Waals surface area contributed by atoms with E-state index in [0.717, 1.165) is 16.1 Å². The normalized spacial score (nSPS) is 25.7. The van der Waals surface area contributed by atoms with E-state index in [1.165, 1.54) is 11.0 Å². The van der Waals surface area contributed by atoms with Crippen LogP contribution >= 0.6 is 34.8 Å². The average Bonchev–Trinajstić information content (AvgIpc) is 3.57. The number of aliphatic hydroxyl groups excluding tert-OH is 1. The summed E-state index contributed by atoms with van der Waals surface area (Å²) in [7, 11) is 1.55. The smallest absolute Gasteiger partial charge is 0.260 e. The second kappa shape index (κ2) is 14.3. The topological polar surface area (TPSA) is 125 Å². The number of nitrogens with one attached hydrogen (secondary N) is 1. The summed E-state index contributed by atoms with van der Waals surface area (Å²) in [6.07, 6.45) is 2.37. The molecule has 2 aliphatic carbocycles. The number of nitrogens with zero attached hydrogens (tertiary/aromatic N) is 2. The molecule has 55 heavy (non-hydrogen) atoms. The molecule has 4 aliphatic rings. The van der Waals surface area contributed by atoms with Gasteiger partial charge < -0.3 is 14.6 Å². The first-order valence-electron chi connectivity index (χ1n) is 17.9. The number of methoxy groups -OCH3 is 1. The molecule has 0 bridgehead atoms. The average molecular weight is 801 g/mol. The van der Waals surface area contributed by atoms with Crippen LogP contribution in [0.5, 0.6) is 11.5 Å². The summed E-state index contributed by atoms with van der Waals surface area (Å²) in [5.41, 5.74) is 5.10. The first-order valence-corrected chi connectivity index (χ1v) is 19.0. The number of halogens is 3. The van der Waals surface area contributed by atoms with Gasteiger partial charge in [-0.05, 0) is 97.0 Å². The number of aryl methyl sites for hydroxylation is 1. The Balaban J connectivity index is 1.31. The van der Waals surface area contributed by atoms with Crippen molar-refractivity contribution in [3.8, 4) is 11.5 Å². The predicted molar refractivity (Wildman–Crippen MR) is 208 cm³/mol. The number of hydrogen-bond donors (Lipinski definition) is 2. The lowest BCUT2D eigenvalue weighted by Gasteiger charge is -2.50. The molecule has 6 atom stereocenters. The summed E-state index contributed by atoms with van der Waals surface area (Å²) in [4.78, 5) is 60.4. The quantitative estimate of drug-likeness (QED) is 0.132. The number of amides is 4. The third-order valence-electron chi connectivity index (χ3n) is 11.6. The van der Waals surface area contributed by atoms with E-state index in [1.807, 2.05) is 25.1 Å². The van der Waals surface area contributed by atoms with Crippen molar-refractivity contribution in [2.24, 2.45) is 23.7 Å². The molecule has 6 unspecified atom stereocenters. The van der Waals surface area contributed by atoms with Crippen molar-refractivity contribution >= 4 is 69.8 Å². The van der Waals surface area contributed by atoms with Gasteiger partial charge in [0.1, 0.15) is 18.1 Å². The Hall–Kier alpha value is -4.87. The Labute approximate surface area is 332 Å². The van der Waals surface area contributed by atoms with Crippen molar-refractivity contribution < 1.29 is 33.8 Å². The summed E-state index contributed by atoms with van der Waals surface area (Å²) < 4.78 is 11.2. The van der Waals surface area contributed by atoms with Crippen molar-refractivity contribution in [2.45, 2.75) is 31.1 Å². The Bertz CT molecular complexity index is 2260. The summed E-state index contributed by atoms with van der Waals surface area (Å²) >= 11 is 19.2. The zero-order chi connectivity index (χ0) is 38.8. The second-order valence-electron chi connectivity index (χ2n) is 14.3. The second-order valence-corrected chi connectivity index (χ2v) is 15.5. The van der Waals surface area contributed by atoms with Crippen LogP contribution in [0.25, 0.3) is 0 Å². The van der Waals surface area contributed by atoms with Gasteiger partial charge in [0.2, 0.25) is 11.8 Å². The molecule has 282 valence electrons. The lowest BCUT2D eigenvalue weighted by atomic mass is 9.49. The SMILES string of the molecule is COc1ccc(C23C(=O)N(Nc4ccc(Cl)cc4Cl)C(=O)C2CC2C(=CCC4C(=O)N(c5ccc(C)c(Cl)c5)C(=O)C42)C3c2ccc(OCCO)cc2)cc1. The molecule has 2 aliphatic heterocycles. The number of ether oxygens (including phenoxy) is 2. The third kappa shape index (κ3) is 5.89. The molecule has 0 aromatic heterocycles. The van der Waals surface area contributed by atoms with Gasteiger partial charge in [0.15, 0.2) is 0 Å². The molecule has 8 rings (SSSR count). The van der Waals surface area contributed by atoms with Gasteiger partial charge >= 0.3 is 0 Å². The molecule has 1 saturated carbocycles. The molecule has 4 aromatic rings. The molecular weight excluding hydrogens is 765 g/mol. The Morgan fingerprint density at radius 3 is 2.24 bits per heavy atom. The molecule has 0 radical (unpaired) electrons. The highest BCUT2D eigenvalue weighted by molar-refractivity contribution is 6.36. The molecule has 4 aromatic carbocycles. The van der Waals surface area contributed by atoms with E-state index in [-0.39, 0.29) is 42.9 Å². The van der Waals surface area contributed by atoms with Crippen LogP contribution in [-0.2, 0) is 24.6 Å². The summed E-state index contributed by atoms with van der Waals surface area (Å²) in [6, 6.07) is 24.2. The minimum absolute atomic E-state index is 0.0939. The number of benzene rings is 4. The maximum absolute atomic E-state index is 15.4. The van der Waals surface area contributed by atoms with Crippen LogP contribution in [0.4, 0.5) is 11.4 Å². The van der Waals surface area contributed by atoms with Crippen molar-refractivity contribution in [3.05, 3.63) is 128 Å². The van der Waals surface area contributed by atoms with Gasteiger partial charge in [0.05, 0.1) is 53.3 Å². The van der Waals surface area contributed by atoms with Gasteiger partial charge in [-0.3, -0.25) is 24.6 Å². The summed E-state index contributed by atoms with van der Waals surface area (Å²) in [5, 5.41) is 11.4. The molecule has 2 saturated heterocycles. The van der Waals surface area contributed by atoms with Crippen LogP contribution in [0.1, 0.15) is 35.4 Å². The maximum Gasteiger partial charge on any atom is 0.260 e. The van der Waals surface area contributed by atoms with E-state index in [2.05, 4.69) is 5.43 Å². The van der Waals surface area contributed by atoms with Gasteiger partial charge in [0.25, 0.3) is 11.8 Å². The summed E-state index contributed by atoms with van der Waals surface area (Å²) in [5.74, 6) is -4.37. The standard InChI is InChI=1S/C42H36Cl3N3O7/c1-22-3-9-26(20-33(22)44)47-38(50)30-15-14-29-31(36(30)40(47)52)21-32-39(51)48(46-35-16-8-25(43)19-34(35)45)41(53)42(32,24-6-12-27(54-2)13-7-24)37(29)23-4-10-28(11-5-23)55-18-17-49/h3-14,16,19-20,30-32,36-37,46,49H,15,17-18,21H2,1-2H3. The van der Waals surface area contributed by atoms with E-state index in [0.29, 0.717) is 44.0 Å². The van der Waals surface area contributed by atoms with Crippen LogP contribution in [0, 0.1) is 30.6 Å². The highest BCUT2D eigenvalue weighted by atomic mass is 35.5. The minimum Gasteiger partial charge on any atom is -0.497 e. The highest BCUT2D eigenvalue weighted by Gasteiger charge is 2.70. The van der Waals surface area contributed by atoms with Gasteiger partial charge in [-0.15, -0.1) is 0 Å². The fourth-order valence-electron chi connectivity index (χ4n) is 9.11. The maximum atomic E-state index is 15.4. The van der Waals surface area contributed by atoms with Crippen LogP contribution < -0.4 is 19.8 Å². The van der Waals surface area contributed by atoms with Crippen molar-refractivity contribution in [1.29, 1.82) is 0 Å². The summed E-state index contributed by atoms with van der Waals surface area (Å²) in [6.45, 7) is 1.77. The van der Waals surface area contributed by atoms with Crippen molar-refractivity contribution in [3.63, 3.8) is 0 Å². The van der Waals surface area contributed by atoms with Gasteiger partial charge in [-0.1, -0.05) is 76.8 Å². The van der Waals surface area contributed by atoms with Crippen molar-refractivity contribution in [1.82, 2.24) is 5.01 Å². The zero-order valence-electron chi connectivity index (χ0n) is 29.8. The molecule has 4 amide bonds. The van der Waals surface area contributed by atoms with Crippen molar-refractivity contribution in [2.75, 3.05) is 30.6 Å². The Morgan fingerprint density at radius 2 is 1.56 bits per heavy atom. The number of hydrogen-bond acceptors (Lipinski definition) is 8. The number of carbonyl (C=O) groups is 4. The first-order chi connectivity index (χ1) is 26.5. The molecule has 2 N–H and O–H groups in total. The van der Waals surface area contributed by atoms with Crippen LogP contribution in [0.15, 0.2) is 96.6 Å². The van der Waals surface area contributed by atoms with Gasteiger partial charge in [-0.2, -0.15) is 5.01 Å². The number of hydrazine groups is 1. The number of anilines is 2. The number of carbonyl (C=O) groups excluding carboxylic acids is 4. The Kier molecular flexibility index (Phi) is 9.66. The van der Waals surface area contributed by atoms with E-state index in [9.17, 15) is 19.5 Å². The monoisotopic (exact) mass is 799 g/mol. The van der Waals surface area contributed by atoms with E-state index in [1.54, 1.807) is 73.8 Å². The molecule has 3 fully saturated rings. The minimum atomic E-state index is -1.51. The Morgan fingerprint density at radius 1 is 0.836 bits per heavy atom. The molecule has 2 heterocycles. The van der Waals surface area contributed by atoms with Gasteiger partial charge in [0, 0.05) is 16.0 Å². The number of allylic oxidation sites excluding steroid dienone is 2. The van der Waals surface area contributed by atoms with Crippen LogP contribution in [0.2, 0.25) is 15.1 Å². The van der Waals surface area contributed by atoms with Crippen LogP contribution in [-0.4, -0.2) is 54.1 Å². The largest absolute Gasteiger partial charge is 0.497 e.